The number of aromatic nitrogens is 2. The van der Waals surface area contributed by atoms with Gasteiger partial charge in [-0.25, -0.2) is 13.4 Å². The van der Waals surface area contributed by atoms with Crippen molar-refractivity contribution in [3.8, 4) is 0 Å². The van der Waals surface area contributed by atoms with Gasteiger partial charge in [0.1, 0.15) is 0 Å². The Bertz CT molecular complexity index is 752. The standard InChI is InChI=1S/C18H27N3O2S/c1-5-20(4)13-17-11-19-18(21(17)12-15(2)3)24(22,23)14-16-9-7-6-8-10-16/h6-11,15H,5,12-14H2,1-4H3. The molecule has 6 heteroatoms. The summed E-state index contributed by atoms with van der Waals surface area (Å²) in [5.41, 5.74) is 1.73. The molecule has 0 bridgehead atoms. The van der Waals surface area contributed by atoms with Crippen LogP contribution in [0.25, 0.3) is 0 Å². The summed E-state index contributed by atoms with van der Waals surface area (Å²) in [5.74, 6) is 0.321. The molecule has 0 aliphatic carbocycles. The lowest BCUT2D eigenvalue weighted by atomic mass is 10.2. The van der Waals surface area contributed by atoms with Gasteiger partial charge in [0.15, 0.2) is 0 Å². The SMILES string of the molecule is CCN(C)Cc1cnc(S(=O)(=O)Cc2ccccc2)n1CC(C)C. The minimum Gasteiger partial charge on any atom is -0.317 e. The number of hydrogen-bond donors (Lipinski definition) is 0. The van der Waals surface area contributed by atoms with Crippen LogP contribution in [0.15, 0.2) is 41.7 Å². The van der Waals surface area contributed by atoms with Gasteiger partial charge in [-0.2, -0.15) is 0 Å². The maximum Gasteiger partial charge on any atom is 0.228 e. The van der Waals surface area contributed by atoms with Crippen molar-refractivity contribution in [1.82, 2.24) is 14.5 Å². The van der Waals surface area contributed by atoms with Crippen LogP contribution in [0.1, 0.15) is 32.0 Å². The average Bonchev–Trinajstić information content (AvgIpc) is 2.90. The Labute approximate surface area is 145 Å². The topological polar surface area (TPSA) is 55.2 Å². The van der Waals surface area contributed by atoms with Crippen molar-refractivity contribution >= 4 is 9.84 Å². The van der Waals surface area contributed by atoms with Gasteiger partial charge in [-0.15, -0.1) is 0 Å². The zero-order chi connectivity index (χ0) is 17.7. The Morgan fingerprint density at radius 2 is 1.88 bits per heavy atom. The predicted molar refractivity (Wildman–Crippen MR) is 96.4 cm³/mol. The van der Waals surface area contributed by atoms with E-state index in [-0.39, 0.29) is 10.9 Å². The maximum atomic E-state index is 12.9. The highest BCUT2D eigenvalue weighted by Gasteiger charge is 2.24. The summed E-state index contributed by atoms with van der Waals surface area (Å²) in [4.78, 5) is 6.41. The summed E-state index contributed by atoms with van der Waals surface area (Å²) < 4.78 is 27.6. The van der Waals surface area contributed by atoms with E-state index in [1.54, 1.807) is 6.20 Å². The van der Waals surface area contributed by atoms with E-state index < -0.39 is 9.84 Å². The third kappa shape index (κ3) is 4.68. The summed E-state index contributed by atoms with van der Waals surface area (Å²) in [6.07, 6.45) is 1.70. The van der Waals surface area contributed by atoms with E-state index in [0.29, 0.717) is 19.0 Å². The van der Waals surface area contributed by atoms with Crippen molar-refractivity contribution in [2.24, 2.45) is 5.92 Å². The molecule has 0 radical (unpaired) electrons. The fourth-order valence-electron chi connectivity index (χ4n) is 2.57. The number of sulfone groups is 1. The molecular weight excluding hydrogens is 322 g/mol. The molecule has 0 N–H and O–H groups in total. The molecule has 0 fully saturated rings. The molecule has 0 saturated heterocycles. The van der Waals surface area contributed by atoms with Crippen molar-refractivity contribution < 1.29 is 8.42 Å². The summed E-state index contributed by atoms with van der Waals surface area (Å²) in [7, 11) is -1.46. The highest BCUT2D eigenvalue weighted by atomic mass is 32.2. The van der Waals surface area contributed by atoms with Crippen LogP contribution in [-0.2, 0) is 28.7 Å². The molecule has 2 aromatic rings. The largest absolute Gasteiger partial charge is 0.317 e. The molecule has 1 aromatic carbocycles. The van der Waals surface area contributed by atoms with Crippen LogP contribution in [0.2, 0.25) is 0 Å². The van der Waals surface area contributed by atoms with Gasteiger partial charge in [-0.3, -0.25) is 0 Å². The van der Waals surface area contributed by atoms with Crippen LogP contribution in [0.5, 0.6) is 0 Å². The normalized spacial score (nSPS) is 12.2. The summed E-state index contributed by atoms with van der Waals surface area (Å²) in [5, 5.41) is 0.180. The van der Waals surface area contributed by atoms with Crippen LogP contribution in [0, 0.1) is 5.92 Å². The van der Waals surface area contributed by atoms with Crippen LogP contribution >= 0.6 is 0 Å². The van der Waals surface area contributed by atoms with Crippen molar-refractivity contribution in [3.05, 3.63) is 47.8 Å². The van der Waals surface area contributed by atoms with E-state index in [0.717, 1.165) is 17.8 Å². The molecule has 1 heterocycles. The lowest BCUT2D eigenvalue weighted by molar-refractivity contribution is 0.328. The molecule has 2 rings (SSSR count). The van der Waals surface area contributed by atoms with E-state index in [1.165, 1.54) is 0 Å². The molecule has 1 aromatic heterocycles. The Morgan fingerprint density at radius 3 is 2.46 bits per heavy atom. The van der Waals surface area contributed by atoms with E-state index >= 15 is 0 Å². The van der Waals surface area contributed by atoms with E-state index in [4.69, 9.17) is 0 Å². The second kappa shape index (κ2) is 7.94. The first kappa shape index (κ1) is 18.7. The Balaban J connectivity index is 2.37. The lowest BCUT2D eigenvalue weighted by Gasteiger charge is -2.18. The summed E-state index contributed by atoms with van der Waals surface area (Å²) in [6, 6.07) is 9.26. The van der Waals surface area contributed by atoms with E-state index in [1.807, 2.05) is 41.9 Å². The molecule has 0 spiro atoms. The number of nitrogens with zero attached hydrogens (tertiary/aromatic N) is 3. The van der Waals surface area contributed by atoms with E-state index in [9.17, 15) is 8.42 Å². The number of benzene rings is 1. The molecule has 0 aliphatic rings. The fourth-order valence-corrected chi connectivity index (χ4v) is 4.07. The molecule has 132 valence electrons. The highest BCUT2D eigenvalue weighted by Crippen LogP contribution is 2.20. The van der Waals surface area contributed by atoms with Crippen molar-refractivity contribution in [1.29, 1.82) is 0 Å². The van der Waals surface area contributed by atoms with Crippen molar-refractivity contribution in [2.75, 3.05) is 13.6 Å². The first-order valence-corrected chi connectivity index (χ1v) is 9.98. The first-order valence-electron chi connectivity index (χ1n) is 8.33. The third-order valence-corrected chi connectivity index (χ3v) is 5.49. The highest BCUT2D eigenvalue weighted by molar-refractivity contribution is 7.90. The zero-order valence-corrected chi connectivity index (χ0v) is 15.8. The van der Waals surface area contributed by atoms with Crippen molar-refractivity contribution in [3.63, 3.8) is 0 Å². The smallest absolute Gasteiger partial charge is 0.228 e. The fraction of sp³-hybridized carbons (Fsp3) is 0.500. The van der Waals surface area contributed by atoms with Crippen LogP contribution in [0.3, 0.4) is 0 Å². The zero-order valence-electron chi connectivity index (χ0n) is 14.9. The van der Waals surface area contributed by atoms with Gasteiger partial charge >= 0.3 is 0 Å². The van der Waals surface area contributed by atoms with Gasteiger partial charge in [-0.1, -0.05) is 51.1 Å². The molecule has 5 nitrogen and oxygen atoms in total. The van der Waals surface area contributed by atoms with E-state index in [2.05, 4.69) is 30.7 Å². The molecule has 0 aliphatic heterocycles. The Kier molecular flexibility index (Phi) is 6.18. The molecular formula is C18H27N3O2S. The minimum absolute atomic E-state index is 0.0218. The van der Waals surface area contributed by atoms with Crippen LogP contribution in [0.4, 0.5) is 0 Å². The van der Waals surface area contributed by atoms with Crippen LogP contribution < -0.4 is 0 Å². The third-order valence-electron chi connectivity index (χ3n) is 3.90. The van der Waals surface area contributed by atoms with Gasteiger partial charge in [0.25, 0.3) is 0 Å². The number of imidazole rings is 1. The van der Waals surface area contributed by atoms with Gasteiger partial charge in [0.2, 0.25) is 15.0 Å². The summed E-state index contributed by atoms with van der Waals surface area (Å²) >= 11 is 0. The van der Waals surface area contributed by atoms with Crippen molar-refractivity contribution in [2.45, 2.75) is 44.8 Å². The number of rotatable bonds is 8. The van der Waals surface area contributed by atoms with Gasteiger partial charge < -0.3 is 9.47 Å². The van der Waals surface area contributed by atoms with Crippen LogP contribution in [-0.4, -0.2) is 36.5 Å². The quantitative estimate of drug-likeness (QED) is 0.735. The monoisotopic (exact) mass is 349 g/mol. The molecule has 0 saturated carbocycles. The predicted octanol–water partition coefficient (Wildman–Crippen LogP) is 2.96. The Hall–Kier alpha value is -1.66. The van der Waals surface area contributed by atoms with Gasteiger partial charge in [0, 0.05) is 13.1 Å². The Morgan fingerprint density at radius 1 is 1.21 bits per heavy atom. The maximum absolute atomic E-state index is 12.9. The molecule has 0 unspecified atom stereocenters. The first-order chi connectivity index (χ1) is 11.3. The second-order valence-corrected chi connectivity index (χ2v) is 8.49. The van der Waals surface area contributed by atoms with Gasteiger partial charge in [0.05, 0.1) is 17.6 Å². The lowest BCUT2D eigenvalue weighted by Crippen LogP contribution is -2.22. The minimum atomic E-state index is -3.48. The molecule has 24 heavy (non-hydrogen) atoms. The second-order valence-electron chi connectivity index (χ2n) is 6.61. The number of hydrogen-bond acceptors (Lipinski definition) is 4. The van der Waals surface area contributed by atoms with Gasteiger partial charge in [-0.05, 0) is 25.1 Å². The summed E-state index contributed by atoms with van der Waals surface area (Å²) in [6.45, 7) is 8.49. The molecule has 0 atom stereocenters. The molecule has 0 amide bonds. The average molecular weight is 350 g/mol.